The highest BCUT2D eigenvalue weighted by atomic mass is 32.2. The Hall–Kier alpha value is -2.19. The van der Waals surface area contributed by atoms with Gasteiger partial charge in [-0.2, -0.15) is 4.72 Å². The van der Waals surface area contributed by atoms with Crippen LogP contribution in [0.25, 0.3) is 10.9 Å². The molecule has 1 amide bonds. The summed E-state index contributed by atoms with van der Waals surface area (Å²) in [6.07, 6.45) is 0. The number of aryl methyl sites for hydroxylation is 1. The monoisotopic (exact) mass is 337 g/mol. The summed E-state index contributed by atoms with van der Waals surface area (Å²) < 4.78 is 27.1. The molecule has 0 saturated carbocycles. The van der Waals surface area contributed by atoms with Crippen molar-refractivity contribution in [2.45, 2.75) is 31.7 Å². The zero-order valence-corrected chi connectivity index (χ0v) is 14.0. The van der Waals surface area contributed by atoms with Crippen LogP contribution >= 0.6 is 0 Å². The number of nitrogens with one attached hydrogen (secondary N) is 3. The minimum absolute atomic E-state index is 0.0348. The first-order valence-electron chi connectivity index (χ1n) is 7.18. The van der Waals surface area contributed by atoms with Gasteiger partial charge in [0.2, 0.25) is 15.9 Å². The van der Waals surface area contributed by atoms with Gasteiger partial charge in [-0.05, 0) is 50.4 Å². The Kier molecular flexibility index (Phi) is 4.86. The van der Waals surface area contributed by atoms with Gasteiger partial charge >= 0.3 is 0 Å². The number of amides is 1. The van der Waals surface area contributed by atoms with Crippen molar-refractivity contribution in [2.24, 2.45) is 0 Å². The smallest absolute Gasteiger partial charge is 0.251 e. The molecule has 1 atom stereocenters. The molecule has 0 saturated heterocycles. The number of pyridine rings is 1. The van der Waals surface area contributed by atoms with Crippen molar-refractivity contribution in [3.05, 3.63) is 40.2 Å². The first kappa shape index (κ1) is 17.2. The molecule has 0 unspecified atom stereocenters. The van der Waals surface area contributed by atoms with E-state index in [2.05, 4.69) is 15.0 Å². The molecule has 0 radical (unpaired) electrons. The number of rotatable bonds is 5. The van der Waals surface area contributed by atoms with Crippen LogP contribution in [-0.4, -0.2) is 31.9 Å². The first-order chi connectivity index (χ1) is 10.7. The van der Waals surface area contributed by atoms with Crippen molar-refractivity contribution in [3.63, 3.8) is 0 Å². The Balaban J connectivity index is 2.36. The van der Waals surface area contributed by atoms with Gasteiger partial charge in [-0.25, -0.2) is 8.42 Å². The third-order valence-electron chi connectivity index (χ3n) is 3.39. The molecule has 2 rings (SSSR count). The number of carbonyl (C=O) groups is 1. The summed E-state index contributed by atoms with van der Waals surface area (Å²) in [7, 11) is -3.84. The number of hydrogen-bond acceptors (Lipinski definition) is 4. The molecule has 0 bridgehead atoms. The van der Waals surface area contributed by atoms with Crippen molar-refractivity contribution in [1.29, 1.82) is 0 Å². The van der Waals surface area contributed by atoms with E-state index in [1.165, 1.54) is 25.1 Å². The Morgan fingerprint density at radius 2 is 2.00 bits per heavy atom. The van der Waals surface area contributed by atoms with Gasteiger partial charge in [0.25, 0.3) is 5.56 Å². The van der Waals surface area contributed by atoms with Crippen LogP contribution in [0.15, 0.2) is 34.0 Å². The lowest BCUT2D eigenvalue weighted by atomic mass is 10.2. The Bertz CT molecular complexity index is 903. The number of likely N-dealkylation sites (N-methyl/N-ethyl adjacent to an activating group) is 1. The first-order valence-corrected chi connectivity index (χ1v) is 8.66. The third-order valence-corrected chi connectivity index (χ3v) is 4.93. The Labute approximate surface area is 134 Å². The van der Waals surface area contributed by atoms with E-state index >= 15 is 0 Å². The molecule has 8 heteroatoms. The standard InChI is InChI=1S/C15H19N3O4S/c1-4-16-15(20)10(3)18-23(21,22)12-5-6-13-11(8-12)7-9(2)14(19)17-13/h5-8,10,18H,4H2,1-3H3,(H,16,20)(H,17,19)/t10-/m0/s1. The molecule has 1 aromatic carbocycles. The van der Waals surface area contributed by atoms with Crippen molar-refractivity contribution in [1.82, 2.24) is 15.0 Å². The van der Waals surface area contributed by atoms with Gasteiger partial charge in [-0.3, -0.25) is 9.59 Å². The van der Waals surface area contributed by atoms with Gasteiger partial charge in [0.1, 0.15) is 0 Å². The number of sulfonamides is 1. The number of carbonyl (C=O) groups excluding carboxylic acids is 1. The molecule has 23 heavy (non-hydrogen) atoms. The number of aromatic nitrogens is 1. The lowest BCUT2D eigenvalue weighted by molar-refractivity contribution is -0.122. The molecule has 7 nitrogen and oxygen atoms in total. The van der Waals surface area contributed by atoms with Crippen molar-refractivity contribution in [2.75, 3.05) is 6.54 Å². The highest BCUT2D eigenvalue weighted by Gasteiger charge is 2.21. The molecule has 0 aliphatic heterocycles. The number of benzene rings is 1. The summed E-state index contributed by atoms with van der Waals surface area (Å²) in [6.45, 7) is 5.30. The molecule has 0 fully saturated rings. The molecular weight excluding hydrogens is 318 g/mol. The normalized spacial score (nSPS) is 13.0. The molecule has 2 aromatic rings. The quantitative estimate of drug-likeness (QED) is 0.744. The van der Waals surface area contributed by atoms with E-state index in [0.717, 1.165) is 0 Å². The molecule has 124 valence electrons. The highest BCUT2D eigenvalue weighted by molar-refractivity contribution is 7.89. The fraction of sp³-hybridized carbons (Fsp3) is 0.333. The second-order valence-electron chi connectivity index (χ2n) is 5.27. The van der Waals surface area contributed by atoms with Crippen LogP contribution in [0.4, 0.5) is 0 Å². The molecule has 3 N–H and O–H groups in total. The predicted molar refractivity (Wildman–Crippen MR) is 87.8 cm³/mol. The summed E-state index contributed by atoms with van der Waals surface area (Å²) in [5, 5.41) is 3.16. The van der Waals surface area contributed by atoms with E-state index in [0.29, 0.717) is 23.0 Å². The third kappa shape index (κ3) is 3.77. The highest BCUT2D eigenvalue weighted by Crippen LogP contribution is 2.17. The minimum atomic E-state index is -3.84. The van der Waals surface area contributed by atoms with Crippen molar-refractivity contribution < 1.29 is 13.2 Å². The largest absolute Gasteiger partial charge is 0.355 e. The second kappa shape index (κ2) is 6.51. The predicted octanol–water partition coefficient (Wildman–Crippen LogP) is 0.639. The summed E-state index contributed by atoms with van der Waals surface area (Å²) in [4.78, 5) is 25.9. The van der Waals surface area contributed by atoms with Crippen LogP contribution in [0.2, 0.25) is 0 Å². The summed E-state index contributed by atoms with van der Waals surface area (Å²) in [5.41, 5.74) is 0.836. The fourth-order valence-electron chi connectivity index (χ4n) is 2.14. The van der Waals surface area contributed by atoms with E-state index in [1.54, 1.807) is 19.9 Å². The number of aromatic amines is 1. The molecule has 0 aliphatic rings. The number of hydrogen-bond donors (Lipinski definition) is 3. The second-order valence-corrected chi connectivity index (χ2v) is 6.98. The van der Waals surface area contributed by atoms with Crippen LogP contribution in [0, 0.1) is 6.92 Å². The minimum Gasteiger partial charge on any atom is -0.355 e. The average Bonchev–Trinajstić information content (AvgIpc) is 2.47. The topological polar surface area (TPSA) is 108 Å². The SMILES string of the molecule is CCNC(=O)[C@H](C)NS(=O)(=O)c1ccc2[nH]c(=O)c(C)cc2c1. The average molecular weight is 337 g/mol. The van der Waals surface area contributed by atoms with Gasteiger partial charge in [0.15, 0.2) is 0 Å². The summed E-state index contributed by atoms with van der Waals surface area (Å²) in [6, 6.07) is 5.13. The van der Waals surface area contributed by atoms with E-state index in [4.69, 9.17) is 0 Å². The van der Waals surface area contributed by atoms with E-state index < -0.39 is 22.0 Å². The van der Waals surface area contributed by atoms with E-state index in [1.807, 2.05) is 0 Å². The lowest BCUT2D eigenvalue weighted by Gasteiger charge is -2.14. The van der Waals surface area contributed by atoms with Gasteiger partial charge < -0.3 is 10.3 Å². The molecule has 0 spiro atoms. The number of fused-ring (bicyclic) bond motifs is 1. The molecule has 1 aromatic heterocycles. The molecular formula is C15H19N3O4S. The van der Waals surface area contributed by atoms with Crippen LogP contribution in [-0.2, 0) is 14.8 Å². The summed E-state index contributed by atoms with van der Waals surface area (Å²) >= 11 is 0. The van der Waals surface area contributed by atoms with Gasteiger partial charge in [-0.15, -0.1) is 0 Å². The molecule has 0 aliphatic carbocycles. The summed E-state index contributed by atoms with van der Waals surface area (Å²) in [5.74, 6) is -0.392. The van der Waals surface area contributed by atoms with Crippen molar-refractivity contribution in [3.8, 4) is 0 Å². The van der Waals surface area contributed by atoms with Gasteiger partial charge in [-0.1, -0.05) is 0 Å². The fourth-order valence-corrected chi connectivity index (χ4v) is 3.38. The number of H-pyrrole nitrogens is 1. The van der Waals surface area contributed by atoms with Crippen LogP contribution in [0.3, 0.4) is 0 Å². The van der Waals surface area contributed by atoms with Crippen LogP contribution in [0.5, 0.6) is 0 Å². The maximum absolute atomic E-state index is 12.4. The lowest BCUT2D eigenvalue weighted by Crippen LogP contribution is -2.44. The maximum atomic E-state index is 12.4. The van der Waals surface area contributed by atoms with E-state index in [-0.39, 0.29) is 10.5 Å². The van der Waals surface area contributed by atoms with Gasteiger partial charge in [0, 0.05) is 17.6 Å². The zero-order chi connectivity index (χ0) is 17.2. The van der Waals surface area contributed by atoms with Crippen molar-refractivity contribution >= 4 is 26.8 Å². The maximum Gasteiger partial charge on any atom is 0.251 e. The van der Waals surface area contributed by atoms with Crippen LogP contribution < -0.4 is 15.6 Å². The van der Waals surface area contributed by atoms with Crippen LogP contribution in [0.1, 0.15) is 19.4 Å². The zero-order valence-electron chi connectivity index (χ0n) is 13.1. The Morgan fingerprint density at radius 3 is 2.65 bits per heavy atom. The Morgan fingerprint density at radius 1 is 1.30 bits per heavy atom. The van der Waals surface area contributed by atoms with E-state index in [9.17, 15) is 18.0 Å². The van der Waals surface area contributed by atoms with Gasteiger partial charge in [0.05, 0.1) is 10.9 Å². The molecule has 1 heterocycles.